The van der Waals surface area contributed by atoms with E-state index in [2.05, 4.69) is 20.8 Å². The molecule has 4 aromatic rings. The van der Waals surface area contributed by atoms with Gasteiger partial charge in [-0.05, 0) is 67.6 Å². The Balaban J connectivity index is 1.69. The minimum atomic E-state index is -0.212. The molecule has 0 unspecified atom stereocenters. The number of fused-ring (bicyclic) bond motifs is 3. The highest BCUT2D eigenvalue weighted by atomic mass is 32.2. The number of carbonyl (C=O) groups excluding carboxylic acids is 2. The van der Waals surface area contributed by atoms with Crippen molar-refractivity contribution < 1.29 is 9.59 Å². The van der Waals surface area contributed by atoms with Gasteiger partial charge >= 0.3 is 0 Å². The highest BCUT2D eigenvalue weighted by Crippen LogP contribution is 2.23. The summed E-state index contributed by atoms with van der Waals surface area (Å²) in [6.45, 7) is 11.1. The van der Waals surface area contributed by atoms with Gasteiger partial charge in [0.05, 0.1) is 16.7 Å². The molecule has 9 nitrogen and oxygen atoms in total. The molecule has 2 aromatic heterocycles. The molecular weight excluding hydrogens is 488 g/mol. The van der Waals surface area contributed by atoms with Crippen LogP contribution in [0.5, 0.6) is 0 Å². The van der Waals surface area contributed by atoms with E-state index in [1.54, 1.807) is 27.2 Å². The molecule has 0 bridgehead atoms. The van der Waals surface area contributed by atoms with Gasteiger partial charge < -0.3 is 10.6 Å². The van der Waals surface area contributed by atoms with E-state index in [1.807, 2.05) is 52.8 Å². The molecule has 10 heteroatoms. The summed E-state index contributed by atoms with van der Waals surface area (Å²) in [4.78, 5) is 38.7. The molecule has 0 atom stereocenters. The van der Waals surface area contributed by atoms with Crippen molar-refractivity contribution in [3.8, 4) is 0 Å². The van der Waals surface area contributed by atoms with Crippen molar-refractivity contribution in [3.05, 3.63) is 63.4 Å². The van der Waals surface area contributed by atoms with E-state index < -0.39 is 0 Å². The van der Waals surface area contributed by atoms with Crippen LogP contribution in [-0.2, 0) is 11.3 Å². The Bertz CT molecular complexity index is 1540. The van der Waals surface area contributed by atoms with E-state index in [1.165, 1.54) is 11.8 Å². The van der Waals surface area contributed by atoms with Crippen LogP contribution in [0.15, 0.2) is 46.3 Å². The van der Waals surface area contributed by atoms with Crippen molar-refractivity contribution in [2.75, 3.05) is 17.6 Å². The Kier molecular flexibility index (Phi) is 7.97. The molecule has 0 spiro atoms. The number of hydrogen-bond acceptors (Lipinski definition) is 6. The first-order valence-corrected chi connectivity index (χ1v) is 13.4. The Labute approximate surface area is 219 Å². The minimum absolute atomic E-state index is 0.108. The molecule has 194 valence electrons. The molecule has 2 aromatic carbocycles. The first-order chi connectivity index (χ1) is 17.7. The maximum absolute atomic E-state index is 13.3. The van der Waals surface area contributed by atoms with Gasteiger partial charge in [0.25, 0.3) is 11.5 Å². The molecule has 4 rings (SSSR count). The molecule has 2 N–H and O–H groups in total. The number of nitrogens with one attached hydrogen (secondary N) is 2. The molecule has 0 saturated carbocycles. The van der Waals surface area contributed by atoms with Gasteiger partial charge in [0.15, 0.2) is 5.16 Å². The average Bonchev–Trinajstić information content (AvgIpc) is 3.29. The van der Waals surface area contributed by atoms with Gasteiger partial charge in [-0.1, -0.05) is 38.6 Å². The first-order valence-electron chi connectivity index (χ1n) is 12.4. The van der Waals surface area contributed by atoms with E-state index in [0.717, 1.165) is 23.2 Å². The van der Waals surface area contributed by atoms with Crippen molar-refractivity contribution in [1.82, 2.24) is 24.5 Å². The van der Waals surface area contributed by atoms with E-state index in [9.17, 15) is 14.4 Å². The number of aryl methyl sites for hydroxylation is 3. The summed E-state index contributed by atoms with van der Waals surface area (Å²) in [5.41, 5.74) is 3.78. The van der Waals surface area contributed by atoms with Crippen LogP contribution < -0.4 is 16.2 Å². The second-order valence-corrected chi connectivity index (χ2v) is 10.5. The third-order valence-corrected chi connectivity index (χ3v) is 7.00. The molecule has 2 amide bonds. The maximum Gasteiger partial charge on any atom is 0.262 e. The van der Waals surface area contributed by atoms with Crippen LogP contribution in [0.2, 0.25) is 0 Å². The number of hydrogen-bond donors (Lipinski definition) is 2. The highest BCUT2D eigenvalue weighted by molar-refractivity contribution is 7.99. The van der Waals surface area contributed by atoms with Crippen LogP contribution in [-0.4, -0.2) is 43.3 Å². The summed E-state index contributed by atoms with van der Waals surface area (Å²) >= 11 is 1.23. The van der Waals surface area contributed by atoms with Gasteiger partial charge in [-0.25, -0.2) is 0 Å². The number of carbonyl (C=O) groups is 2. The zero-order valence-electron chi connectivity index (χ0n) is 21.8. The lowest BCUT2D eigenvalue weighted by atomic mass is 10.1. The Morgan fingerprint density at radius 1 is 1.05 bits per heavy atom. The molecule has 0 aliphatic heterocycles. The lowest BCUT2D eigenvalue weighted by Crippen LogP contribution is -2.28. The van der Waals surface area contributed by atoms with Gasteiger partial charge in [0.2, 0.25) is 11.7 Å². The van der Waals surface area contributed by atoms with Gasteiger partial charge in [-0.2, -0.15) is 0 Å². The third-order valence-electron chi connectivity index (χ3n) is 6.08. The fraction of sp³-hybridized carbons (Fsp3) is 0.370. The SMILES string of the molecule is CCCn1c(=O)c2ccc(C(=O)NCC(C)C)cc2n2c(SCC(=O)Nc3ccc(C)c(C)c3)nnc12. The standard InChI is InChI=1S/C27H32N6O3S/c1-6-11-32-25(36)21-10-8-19(24(35)28-14-16(2)3)13-22(21)33-26(32)30-31-27(33)37-15-23(34)29-20-9-7-17(4)18(5)12-20/h7-10,12-13,16H,6,11,14-15H2,1-5H3,(H,28,35)(H,29,34). The number of rotatable bonds is 9. The molecule has 37 heavy (non-hydrogen) atoms. The van der Waals surface area contributed by atoms with Gasteiger partial charge in [-0.15, -0.1) is 10.2 Å². The highest BCUT2D eigenvalue weighted by Gasteiger charge is 2.19. The van der Waals surface area contributed by atoms with E-state index in [4.69, 9.17) is 0 Å². The molecule has 0 saturated heterocycles. The Hall–Kier alpha value is -3.66. The Morgan fingerprint density at radius 3 is 2.54 bits per heavy atom. The summed E-state index contributed by atoms with van der Waals surface area (Å²) in [5.74, 6) is 0.419. The normalized spacial score (nSPS) is 11.4. The topological polar surface area (TPSA) is 110 Å². The first kappa shape index (κ1) is 26.4. The second-order valence-electron chi connectivity index (χ2n) is 9.55. The smallest absolute Gasteiger partial charge is 0.262 e. The quantitative estimate of drug-likeness (QED) is 0.320. The average molecular weight is 521 g/mol. The van der Waals surface area contributed by atoms with Crippen molar-refractivity contribution >= 4 is 45.9 Å². The predicted molar refractivity (Wildman–Crippen MR) is 147 cm³/mol. The molecule has 0 fully saturated rings. The van der Waals surface area contributed by atoms with Crippen LogP contribution in [0.25, 0.3) is 16.7 Å². The number of amides is 2. The summed E-state index contributed by atoms with van der Waals surface area (Å²) in [7, 11) is 0. The fourth-order valence-corrected chi connectivity index (χ4v) is 4.73. The fourth-order valence-electron chi connectivity index (χ4n) is 3.99. The van der Waals surface area contributed by atoms with Gasteiger partial charge in [0, 0.05) is 24.3 Å². The number of anilines is 1. The zero-order chi connectivity index (χ0) is 26.7. The molecule has 2 heterocycles. The van der Waals surface area contributed by atoms with Crippen LogP contribution in [0.3, 0.4) is 0 Å². The zero-order valence-corrected chi connectivity index (χ0v) is 22.6. The predicted octanol–water partition coefficient (Wildman–Crippen LogP) is 4.19. The lowest BCUT2D eigenvalue weighted by molar-refractivity contribution is -0.113. The van der Waals surface area contributed by atoms with E-state index in [-0.39, 0.29) is 23.1 Å². The minimum Gasteiger partial charge on any atom is -0.352 e. The summed E-state index contributed by atoms with van der Waals surface area (Å²) in [5, 5.41) is 15.4. The maximum atomic E-state index is 13.3. The molecular formula is C27H32N6O3S. The summed E-state index contributed by atoms with van der Waals surface area (Å²) in [6, 6.07) is 10.8. The van der Waals surface area contributed by atoms with Crippen molar-refractivity contribution in [2.45, 2.75) is 52.7 Å². The molecule has 0 aliphatic rings. The summed E-state index contributed by atoms with van der Waals surface area (Å²) < 4.78 is 3.35. The number of benzene rings is 2. The number of aromatic nitrogens is 4. The van der Waals surface area contributed by atoms with Crippen LogP contribution in [0.4, 0.5) is 5.69 Å². The molecule has 0 aliphatic carbocycles. The van der Waals surface area contributed by atoms with Gasteiger partial charge in [0.1, 0.15) is 0 Å². The van der Waals surface area contributed by atoms with E-state index in [0.29, 0.717) is 46.4 Å². The second kappa shape index (κ2) is 11.2. The number of thioether (sulfide) groups is 1. The summed E-state index contributed by atoms with van der Waals surface area (Å²) in [6.07, 6.45) is 0.741. The van der Waals surface area contributed by atoms with Crippen molar-refractivity contribution in [3.63, 3.8) is 0 Å². The van der Waals surface area contributed by atoms with Crippen LogP contribution in [0, 0.1) is 19.8 Å². The van der Waals surface area contributed by atoms with Crippen LogP contribution >= 0.6 is 11.8 Å². The Morgan fingerprint density at radius 2 is 1.84 bits per heavy atom. The lowest BCUT2D eigenvalue weighted by Gasteiger charge is -2.12. The monoisotopic (exact) mass is 520 g/mol. The van der Waals surface area contributed by atoms with Crippen molar-refractivity contribution in [2.24, 2.45) is 5.92 Å². The van der Waals surface area contributed by atoms with Crippen LogP contribution in [0.1, 0.15) is 48.7 Å². The largest absolute Gasteiger partial charge is 0.352 e. The number of nitrogens with zero attached hydrogens (tertiary/aromatic N) is 4. The van der Waals surface area contributed by atoms with Crippen molar-refractivity contribution in [1.29, 1.82) is 0 Å². The molecule has 0 radical (unpaired) electrons. The van der Waals surface area contributed by atoms with E-state index >= 15 is 0 Å². The van der Waals surface area contributed by atoms with Gasteiger partial charge in [-0.3, -0.25) is 23.4 Å². The third kappa shape index (κ3) is 5.69.